The molecule has 0 atom stereocenters. The number of hydrogen-bond acceptors (Lipinski definition) is 1. The van der Waals surface area contributed by atoms with Crippen molar-refractivity contribution < 1.29 is 4.79 Å². The van der Waals surface area contributed by atoms with Crippen LogP contribution < -0.4 is 0 Å². The molecule has 0 radical (unpaired) electrons. The summed E-state index contributed by atoms with van der Waals surface area (Å²) in [6, 6.07) is 0. The fourth-order valence-electron chi connectivity index (χ4n) is 0.562. The molecule has 1 nitrogen and oxygen atoms in total. The summed E-state index contributed by atoms with van der Waals surface area (Å²) >= 11 is 2.19. The van der Waals surface area contributed by atoms with E-state index in [2.05, 4.69) is 22.6 Å². The molecule has 7 heavy (non-hydrogen) atoms. The van der Waals surface area contributed by atoms with Crippen molar-refractivity contribution in [2.75, 3.05) is 0 Å². The van der Waals surface area contributed by atoms with Crippen LogP contribution in [0.5, 0.6) is 0 Å². The van der Waals surface area contributed by atoms with E-state index in [1.54, 1.807) is 6.08 Å². The van der Waals surface area contributed by atoms with Gasteiger partial charge in [-0.1, -0.05) is 0 Å². The molecule has 0 unspecified atom stereocenters. The second-order valence-electron chi connectivity index (χ2n) is 1.56. The van der Waals surface area contributed by atoms with E-state index in [1.807, 2.05) is 0 Å². The normalized spacial score (nSPS) is 20.1. The van der Waals surface area contributed by atoms with Crippen LogP contribution in [0.2, 0.25) is 0 Å². The summed E-state index contributed by atoms with van der Waals surface area (Å²) in [5.74, 6) is 0.282. The Bertz CT molecular complexity index is 126. The van der Waals surface area contributed by atoms with Gasteiger partial charge < -0.3 is 0 Å². The lowest BCUT2D eigenvalue weighted by molar-refractivity contribution is -0.114. The lowest BCUT2D eigenvalue weighted by atomic mass is 10.3. The largest absolute Gasteiger partial charge is 0.295 e. The third kappa shape index (κ3) is 1.26. The van der Waals surface area contributed by atoms with Crippen molar-refractivity contribution in [1.82, 2.24) is 0 Å². The molecule has 1 aliphatic carbocycles. The molecule has 1 aliphatic rings. The average molecular weight is 208 g/mol. The minimum atomic E-state index is 0.282. The van der Waals surface area contributed by atoms with Crippen LogP contribution in [-0.2, 0) is 4.79 Å². The maximum absolute atomic E-state index is 10.4. The van der Waals surface area contributed by atoms with Gasteiger partial charge in [0.2, 0.25) is 0 Å². The van der Waals surface area contributed by atoms with Gasteiger partial charge >= 0.3 is 0 Å². The molecule has 0 aliphatic heterocycles. The topological polar surface area (TPSA) is 17.1 Å². The van der Waals surface area contributed by atoms with Crippen LogP contribution in [0.3, 0.4) is 0 Å². The molecule has 0 aromatic rings. The minimum Gasteiger partial charge on any atom is -0.295 e. The molecule has 0 bridgehead atoms. The van der Waals surface area contributed by atoms with Gasteiger partial charge in [-0.15, -0.1) is 0 Å². The summed E-state index contributed by atoms with van der Waals surface area (Å²) in [6.07, 6.45) is 3.41. The smallest absolute Gasteiger partial charge is 0.156 e. The van der Waals surface area contributed by atoms with Gasteiger partial charge in [-0.3, -0.25) is 4.79 Å². The summed E-state index contributed by atoms with van der Waals surface area (Å²) in [7, 11) is 0. The molecule has 0 fully saturated rings. The van der Waals surface area contributed by atoms with Gasteiger partial charge in [-0.05, 0) is 38.7 Å². The van der Waals surface area contributed by atoms with Crippen LogP contribution in [0.1, 0.15) is 12.8 Å². The van der Waals surface area contributed by atoms with Crippen LogP contribution in [0.15, 0.2) is 9.66 Å². The molecule has 0 aromatic heterocycles. The highest BCUT2D eigenvalue weighted by Crippen LogP contribution is 2.20. The maximum Gasteiger partial charge on any atom is 0.156 e. The molecule has 0 saturated heterocycles. The Morgan fingerprint density at radius 3 is 2.43 bits per heavy atom. The number of allylic oxidation sites excluding steroid dienone is 2. The van der Waals surface area contributed by atoms with Gasteiger partial charge in [0.05, 0.1) is 0 Å². The molecule has 38 valence electrons. The lowest BCUT2D eigenvalue weighted by Gasteiger charge is -1.76. The van der Waals surface area contributed by atoms with Crippen molar-refractivity contribution in [2.24, 2.45) is 0 Å². The lowest BCUT2D eigenvalue weighted by Crippen LogP contribution is -1.80. The van der Waals surface area contributed by atoms with Crippen molar-refractivity contribution >= 4 is 28.4 Å². The minimum absolute atomic E-state index is 0.282. The van der Waals surface area contributed by atoms with E-state index in [0.717, 1.165) is 12.8 Å². The summed E-state index contributed by atoms with van der Waals surface area (Å²) in [5.41, 5.74) is 0. The number of carbonyl (C=O) groups is 1. The van der Waals surface area contributed by atoms with Gasteiger partial charge in [0.15, 0.2) is 5.78 Å². The summed E-state index contributed by atoms with van der Waals surface area (Å²) < 4.78 is 1.20. The highest BCUT2D eigenvalue weighted by atomic mass is 127. The fourth-order valence-corrected chi connectivity index (χ4v) is 1.18. The number of hydrogen-bond donors (Lipinski definition) is 0. The third-order valence-electron chi connectivity index (χ3n) is 0.928. The zero-order valence-corrected chi connectivity index (χ0v) is 5.94. The zero-order chi connectivity index (χ0) is 5.28. The van der Waals surface area contributed by atoms with E-state index < -0.39 is 0 Å². The SMILES string of the molecule is O=C1C=C(I)CC1. The van der Waals surface area contributed by atoms with Crippen molar-refractivity contribution in [3.8, 4) is 0 Å². The molecule has 0 heterocycles. The van der Waals surface area contributed by atoms with Gasteiger partial charge in [0.25, 0.3) is 0 Å². The van der Waals surface area contributed by atoms with E-state index in [-0.39, 0.29) is 5.78 Å². The van der Waals surface area contributed by atoms with Crippen LogP contribution in [0, 0.1) is 0 Å². The predicted octanol–water partition coefficient (Wildman–Crippen LogP) is 1.67. The van der Waals surface area contributed by atoms with Crippen molar-refractivity contribution in [3.63, 3.8) is 0 Å². The Morgan fingerprint density at radius 1 is 1.57 bits per heavy atom. The first kappa shape index (κ1) is 5.28. The Hall–Kier alpha value is 0.140. The number of ketones is 1. The summed E-state index contributed by atoms with van der Waals surface area (Å²) in [4.78, 5) is 10.4. The van der Waals surface area contributed by atoms with Gasteiger partial charge in [-0.2, -0.15) is 0 Å². The van der Waals surface area contributed by atoms with Gasteiger partial charge in [-0.25, -0.2) is 0 Å². The van der Waals surface area contributed by atoms with Crippen LogP contribution in [-0.4, -0.2) is 5.78 Å². The first-order valence-electron chi connectivity index (χ1n) is 2.18. The third-order valence-corrected chi connectivity index (χ3v) is 1.78. The number of rotatable bonds is 0. The first-order chi connectivity index (χ1) is 3.29. The zero-order valence-electron chi connectivity index (χ0n) is 3.78. The van der Waals surface area contributed by atoms with Gasteiger partial charge in [0.1, 0.15) is 0 Å². The average Bonchev–Trinajstić information content (AvgIpc) is 1.87. The van der Waals surface area contributed by atoms with E-state index in [1.165, 1.54) is 3.58 Å². The Balaban J connectivity index is 2.67. The predicted molar refractivity (Wildman–Crippen MR) is 36.3 cm³/mol. The highest BCUT2D eigenvalue weighted by Gasteiger charge is 2.07. The molecular formula is C5H5IO. The maximum atomic E-state index is 10.4. The second-order valence-corrected chi connectivity index (χ2v) is 2.94. The van der Waals surface area contributed by atoms with Gasteiger partial charge in [0, 0.05) is 6.42 Å². The quantitative estimate of drug-likeness (QED) is 0.553. The molecule has 0 saturated carbocycles. The summed E-state index contributed by atoms with van der Waals surface area (Å²) in [5, 5.41) is 0. The number of halogens is 1. The Labute approximate surface area is 55.9 Å². The molecule has 2 heteroatoms. The van der Waals surface area contributed by atoms with E-state index in [9.17, 15) is 4.79 Å². The van der Waals surface area contributed by atoms with E-state index in [0.29, 0.717) is 0 Å². The molecule has 0 N–H and O–H groups in total. The van der Waals surface area contributed by atoms with Crippen molar-refractivity contribution in [1.29, 1.82) is 0 Å². The number of carbonyl (C=O) groups excluding carboxylic acids is 1. The van der Waals surface area contributed by atoms with Crippen molar-refractivity contribution in [2.45, 2.75) is 12.8 Å². The Kier molecular flexibility index (Phi) is 1.46. The van der Waals surface area contributed by atoms with Crippen molar-refractivity contribution in [3.05, 3.63) is 9.66 Å². The molecule has 0 amide bonds. The molecule has 0 spiro atoms. The van der Waals surface area contributed by atoms with E-state index >= 15 is 0 Å². The molecular weight excluding hydrogens is 203 g/mol. The fraction of sp³-hybridized carbons (Fsp3) is 0.400. The van der Waals surface area contributed by atoms with Crippen LogP contribution in [0.25, 0.3) is 0 Å². The molecule has 0 aromatic carbocycles. The monoisotopic (exact) mass is 208 g/mol. The first-order valence-corrected chi connectivity index (χ1v) is 3.26. The summed E-state index contributed by atoms with van der Waals surface area (Å²) in [6.45, 7) is 0. The second kappa shape index (κ2) is 1.94. The standard InChI is InChI=1S/C5H5IO/c6-4-1-2-5(7)3-4/h3H,1-2H2. The van der Waals surface area contributed by atoms with Crippen LogP contribution in [0.4, 0.5) is 0 Å². The van der Waals surface area contributed by atoms with Crippen LogP contribution >= 0.6 is 22.6 Å². The highest BCUT2D eigenvalue weighted by molar-refractivity contribution is 14.1. The van der Waals surface area contributed by atoms with E-state index in [4.69, 9.17) is 0 Å². The molecule has 1 rings (SSSR count). The Morgan fingerprint density at radius 2 is 2.29 bits per heavy atom.